The van der Waals surface area contributed by atoms with Crippen molar-refractivity contribution in [3.63, 3.8) is 0 Å². The zero-order valence-electron chi connectivity index (χ0n) is 15.8. The summed E-state index contributed by atoms with van der Waals surface area (Å²) in [5.41, 5.74) is 1.60. The molecule has 2 aromatic carbocycles. The van der Waals surface area contributed by atoms with Gasteiger partial charge in [0.15, 0.2) is 0 Å². The fraction of sp³-hybridized carbons (Fsp3) is 0.316. The molecule has 2 N–H and O–H groups in total. The standard InChI is InChI=1S/C19H21ClN2O5S2/c1-19(2)17(18(23)21-24)22(11-12-28-19)29(25,26)16-9-7-15(8-10-16)27-14-5-3-13(20)4-6-14/h3-10,17,24H,11-12H2,1-2H3,(H,21,23)/t17-/m0/s1. The van der Waals surface area contributed by atoms with E-state index in [-0.39, 0.29) is 11.4 Å². The normalized spacial score (nSPS) is 19.5. The van der Waals surface area contributed by atoms with Crippen molar-refractivity contribution in [1.29, 1.82) is 0 Å². The topological polar surface area (TPSA) is 95.9 Å². The van der Waals surface area contributed by atoms with E-state index in [1.54, 1.807) is 55.7 Å². The molecule has 1 atom stereocenters. The lowest BCUT2D eigenvalue weighted by atomic mass is 10.0. The number of nitrogens with zero attached hydrogens (tertiary/aromatic N) is 1. The highest BCUT2D eigenvalue weighted by atomic mass is 35.5. The number of nitrogens with one attached hydrogen (secondary N) is 1. The van der Waals surface area contributed by atoms with Gasteiger partial charge >= 0.3 is 0 Å². The maximum Gasteiger partial charge on any atom is 0.263 e. The van der Waals surface area contributed by atoms with Crippen LogP contribution in [-0.4, -0.2) is 46.9 Å². The number of rotatable bonds is 5. The Balaban J connectivity index is 1.86. The van der Waals surface area contributed by atoms with E-state index in [9.17, 15) is 13.2 Å². The Morgan fingerprint density at radius 3 is 2.28 bits per heavy atom. The zero-order valence-corrected chi connectivity index (χ0v) is 18.2. The predicted molar refractivity (Wildman–Crippen MR) is 112 cm³/mol. The van der Waals surface area contributed by atoms with Crippen molar-refractivity contribution in [1.82, 2.24) is 9.79 Å². The zero-order chi connectivity index (χ0) is 21.2. The van der Waals surface area contributed by atoms with E-state index in [1.165, 1.54) is 23.9 Å². The molecule has 0 aliphatic carbocycles. The van der Waals surface area contributed by atoms with Gasteiger partial charge in [-0.1, -0.05) is 11.6 Å². The molecule has 0 spiro atoms. The van der Waals surface area contributed by atoms with E-state index in [2.05, 4.69) is 0 Å². The molecular weight excluding hydrogens is 436 g/mol. The van der Waals surface area contributed by atoms with Gasteiger partial charge in [-0.3, -0.25) is 10.0 Å². The molecule has 0 bridgehead atoms. The van der Waals surface area contributed by atoms with Crippen LogP contribution in [0.4, 0.5) is 0 Å². The summed E-state index contributed by atoms with van der Waals surface area (Å²) in [4.78, 5) is 12.3. The number of halogens is 1. The van der Waals surface area contributed by atoms with Gasteiger partial charge in [-0.2, -0.15) is 16.1 Å². The Kier molecular flexibility index (Phi) is 6.45. The van der Waals surface area contributed by atoms with Crippen molar-refractivity contribution in [2.45, 2.75) is 29.5 Å². The molecule has 1 fully saturated rings. The fourth-order valence-corrected chi connectivity index (χ4v) is 6.41. The smallest absolute Gasteiger partial charge is 0.263 e. The van der Waals surface area contributed by atoms with Crippen LogP contribution in [0.25, 0.3) is 0 Å². The van der Waals surface area contributed by atoms with E-state index >= 15 is 0 Å². The molecule has 1 aliphatic rings. The number of sulfonamides is 1. The molecule has 7 nitrogen and oxygen atoms in total. The largest absolute Gasteiger partial charge is 0.457 e. The molecule has 0 unspecified atom stereocenters. The van der Waals surface area contributed by atoms with Crippen molar-refractivity contribution in [3.8, 4) is 11.5 Å². The monoisotopic (exact) mass is 456 g/mol. The van der Waals surface area contributed by atoms with E-state index in [0.29, 0.717) is 22.3 Å². The third-order valence-electron chi connectivity index (χ3n) is 4.57. The molecule has 1 heterocycles. The molecule has 1 amide bonds. The first-order chi connectivity index (χ1) is 13.6. The number of carbonyl (C=O) groups is 1. The second-order valence-corrected chi connectivity index (χ2v) is 11.0. The number of hydrogen-bond acceptors (Lipinski definition) is 6. The van der Waals surface area contributed by atoms with Crippen LogP contribution in [0.3, 0.4) is 0 Å². The summed E-state index contributed by atoms with van der Waals surface area (Å²) in [6, 6.07) is 11.7. The predicted octanol–water partition coefficient (Wildman–Crippen LogP) is 3.52. The molecule has 0 saturated carbocycles. The first-order valence-electron chi connectivity index (χ1n) is 8.78. The van der Waals surface area contributed by atoms with Crippen LogP contribution in [0.1, 0.15) is 13.8 Å². The Bertz CT molecular complexity index is 979. The average molecular weight is 457 g/mol. The molecule has 2 aromatic rings. The Labute approximate surface area is 179 Å². The number of hydrogen-bond donors (Lipinski definition) is 2. The average Bonchev–Trinajstić information content (AvgIpc) is 2.68. The van der Waals surface area contributed by atoms with Gasteiger partial charge in [0, 0.05) is 22.1 Å². The highest BCUT2D eigenvalue weighted by molar-refractivity contribution is 8.00. The summed E-state index contributed by atoms with van der Waals surface area (Å²) in [5, 5.41) is 9.70. The molecule has 3 rings (SSSR count). The summed E-state index contributed by atoms with van der Waals surface area (Å²) >= 11 is 7.34. The van der Waals surface area contributed by atoms with Crippen molar-refractivity contribution in [2.24, 2.45) is 0 Å². The Morgan fingerprint density at radius 1 is 1.17 bits per heavy atom. The molecular formula is C19H21ClN2O5S2. The summed E-state index contributed by atoms with van der Waals surface area (Å²) in [6.45, 7) is 3.72. The second-order valence-electron chi connectivity index (χ2n) is 6.97. The SMILES string of the molecule is CC1(C)SCCN(S(=O)(=O)c2ccc(Oc3ccc(Cl)cc3)cc2)[C@H]1C(=O)NO. The summed E-state index contributed by atoms with van der Waals surface area (Å²) < 4.78 is 32.6. The van der Waals surface area contributed by atoms with E-state index < -0.39 is 26.7 Å². The van der Waals surface area contributed by atoms with Crippen molar-refractivity contribution < 1.29 is 23.2 Å². The second kappa shape index (κ2) is 8.53. The summed E-state index contributed by atoms with van der Waals surface area (Å²) in [6.07, 6.45) is 0. The fourth-order valence-electron chi connectivity index (χ4n) is 3.17. The molecule has 156 valence electrons. The van der Waals surface area contributed by atoms with Gasteiger partial charge < -0.3 is 4.74 Å². The first kappa shape index (κ1) is 21.9. The molecule has 0 radical (unpaired) electrons. The minimum atomic E-state index is -3.96. The van der Waals surface area contributed by atoms with Gasteiger partial charge in [-0.15, -0.1) is 0 Å². The first-order valence-corrected chi connectivity index (χ1v) is 11.6. The van der Waals surface area contributed by atoms with Gasteiger partial charge in [0.1, 0.15) is 17.5 Å². The van der Waals surface area contributed by atoms with Crippen LogP contribution in [0.15, 0.2) is 53.4 Å². The summed E-state index contributed by atoms with van der Waals surface area (Å²) in [7, 11) is -3.96. The van der Waals surface area contributed by atoms with Crippen molar-refractivity contribution >= 4 is 39.3 Å². The van der Waals surface area contributed by atoms with E-state index in [0.717, 1.165) is 4.31 Å². The number of amides is 1. The summed E-state index contributed by atoms with van der Waals surface area (Å²) in [5.74, 6) is 0.817. The maximum atomic E-state index is 13.2. The maximum absolute atomic E-state index is 13.2. The van der Waals surface area contributed by atoms with Gasteiger partial charge in [0.05, 0.1) is 4.90 Å². The van der Waals surface area contributed by atoms with Crippen molar-refractivity contribution in [2.75, 3.05) is 12.3 Å². The van der Waals surface area contributed by atoms with Crippen molar-refractivity contribution in [3.05, 3.63) is 53.6 Å². The molecule has 1 aliphatic heterocycles. The van der Waals surface area contributed by atoms with Crippen LogP contribution >= 0.6 is 23.4 Å². The highest BCUT2D eigenvalue weighted by Crippen LogP contribution is 2.38. The van der Waals surface area contributed by atoms with Crippen LogP contribution in [-0.2, 0) is 14.8 Å². The Hall–Kier alpha value is -1.78. The molecule has 0 aromatic heterocycles. The lowest BCUT2D eigenvalue weighted by Crippen LogP contribution is -2.61. The van der Waals surface area contributed by atoms with Crippen LogP contribution < -0.4 is 10.2 Å². The lowest BCUT2D eigenvalue weighted by Gasteiger charge is -2.43. The molecule has 10 heteroatoms. The quantitative estimate of drug-likeness (QED) is 0.528. The number of benzene rings is 2. The minimum absolute atomic E-state index is 0.0411. The van der Waals surface area contributed by atoms with E-state index in [1.807, 2.05) is 0 Å². The number of hydroxylamine groups is 1. The van der Waals surface area contributed by atoms with Gasteiger partial charge in [0.25, 0.3) is 5.91 Å². The third kappa shape index (κ3) is 4.70. The van der Waals surface area contributed by atoms with Crippen LogP contribution in [0.2, 0.25) is 5.02 Å². The van der Waals surface area contributed by atoms with Crippen LogP contribution in [0.5, 0.6) is 11.5 Å². The van der Waals surface area contributed by atoms with Gasteiger partial charge in [0.2, 0.25) is 10.0 Å². The molecule has 1 saturated heterocycles. The number of thioether (sulfide) groups is 1. The number of carbonyl (C=O) groups excluding carboxylic acids is 1. The van der Waals surface area contributed by atoms with Gasteiger partial charge in [-0.05, 0) is 62.4 Å². The van der Waals surface area contributed by atoms with E-state index in [4.69, 9.17) is 21.5 Å². The lowest BCUT2D eigenvalue weighted by molar-refractivity contribution is -0.134. The van der Waals surface area contributed by atoms with Gasteiger partial charge in [-0.25, -0.2) is 13.9 Å². The van der Waals surface area contributed by atoms with Crippen LogP contribution in [0, 0.1) is 0 Å². The Morgan fingerprint density at radius 2 is 1.72 bits per heavy atom. The third-order valence-corrected chi connectivity index (χ3v) is 8.06. The number of ether oxygens (including phenoxy) is 1. The minimum Gasteiger partial charge on any atom is -0.457 e. The highest BCUT2D eigenvalue weighted by Gasteiger charge is 2.48. The molecule has 29 heavy (non-hydrogen) atoms.